The number of hydrogen-bond donors (Lipinski definition) is 1. The Morgan fingerprint density at radius 3 is 2.26 bits per heavy atom. The van der Waals surface area contributed by atoms with Crippen LogP contribution in [0.25, 0.3) is 0 Å². The van der Waals surface area contributed by atoms with E-state index in [1.807, 2.05) is 0 Å². The zero-order chi connectivity index (χ0) is 31.2. The summed E-state index contributed by atoms with van der Waals surface area (Å²) in [5, 5.41) is 3.51. The third kappa shape index (κ3) is 5.52. The Kier molecular flexibility index (Phi) is 9.26. The molecule has 1 heterocycles. The first-order valence-electron chi connectivity index (χ1n) is 16.0. The molecule has 1 amide bonds. The number of amides is 1. The molecule has 8 heteroatoms. The molecule has 0 radical (unpaired) electrons. The van der Waals surface area contributed by atoms with Crippen LogP contribution >= 0.6 is 0 Å². The number of ether oxygens (including phenoxy) is 3. The number of esters is 3. The van der Waals surface area contributed by atoms with Gasteiger partial charge in [0.15, 0.2) is 0 Å². The third-order valence-electron chi connectivity index (χ3n) is 12.0. The van der Waals surface area contributed by atoms with Crippen LogP contribution < -0.4 is 5.32 Å². The summed E-state index contributed by atoms with van der Waals surface area (Å²) in [6.07, 6.45) is 5.87. The van der Waals surface area contributed by atoms with Crippen molar-refractivity contribution in [2.24, 2.45) is 39.9 Å². The molecule has 0 spiro atoms. The number of rotatable bonds is 7. The predicted octanol–water partition coefficient (Wildman–Crippen LogP) is 5.91. The van der Waals surface area contributed by atoms with Gasteiger partial charge in [0.25, 0.3) is 0 Å². The lowest BCUT2D eigenvalue weighted by molar-refractivity contribution is -0.172. The Labute approximate surface area is 252 Å². The van der Waals surface area contributed by atoms with Crippen molar-refractivity contribution in [2.45, 2.75) is 131 Å². The molecule has 3 saturated carbocycles. The lowest BCUT2D eigenvalue weighted by atomic mass is 9.42. The van der Waals surface area contributed by atoms with Gasteiger partial charge in [0, 0.05) is 31.9 Å². The average Bonchev–Trinajstić information content (AvgIpc) is 3.11. The smallest absolute Gasteiger partial charge is 0.333 e. The molecule has 0 aromatic rings. The largest absolute Gasteiger partial charge is 0.466 e. The highest BCUT2D eigenvalue weighted by atomic mass is 16.5. The molecule has 3 aliphatic carbocycles. The minimum Gasteiger partial charge on any atom is -0.466 e. The van der Waals surface area contributed by atoms with Gasteiger partial charge in [-0.3, -0.25) is 14.4 Å². The number of carbonyl (C=O) groups excluding carboxylic acids is 4. The summed E-state index contributed by atoms with van der Waals surface area (Å²) in [6.45, 7) is 16.3. The lowest BCUT2D eigenvalue weighted by Gasteiger charge is -2.64. The van der Waals surface area contributed by atoms with E-state index in [1.54, 1.807) is 0 Å². The minimum absolute atomic E-state index is 0.0241. The fourth-order valence-corrected chi connectivity index (χ4v) is 9.82. The van der Waals surface area contributed by atoms with E-state index in [0.717, 1.165) is 44.1 Å². The van der Waals surface area contributed by atoms with Crippen molar-refractivity contribution in [3.05, 3.63) is 11.1 Å². The van der Waals surface area contributed by atoms with Crippen LogP contribution in [-0.4, -0.2) is 49.2 Å². The van der Waals surface area contributed by atoms with Gasteiger partial charge in [-0.05, 0) is 90.4 Å². The van der Waals surface area contributed by atoms with Crippen molar-refractivity contribution in [1.82, 2.24) is 5.32 Å². The standard InChI is InChI=1S/C34H53NO7/c1-19(2)11-10-12-23(30(39)40-9)29-25-17-28(38)35-31-32(6)15-14-26(41-21(4)36)20(3)24(32)13-16-33(31,7)34(25,8)18-27(29)42-22(5)37/h19-20,24-27,31H,10-18H2,1-9H3,(H,35,38)/b29-23-/t20-,24-,25-,26+,27-,31-,32-,33-,34-/m0/s1. The monoisotopic (exact) mass is 587 g/mol. The molecule has 0 bridgehead atoms. The van der Waals surface area contributed by atoms with Crippen molar-refractivity contribution in [1.29, 1.82) is 0 Å². The van der Waals surface area contributed by atoms with Gasteiger partial charge in [-0.2, -0.15) is 0 Å². The van der Waals surface area contributed by atoms with E-state index in [2.05, 4.69) is 46.9 Å². The molecule has 1 saturated heterocycles. The average molecular weight is 588 g/mol. The molecule has 4 fully saturated rings. The zero-order valence-corrected chi connectivity index (χ0v) is 27.3. The van der Waals surface area contributed by atoms with Gasteiger partial charge in [-0.25, -0.2) is 4.79 Å². The van der Waals surface area contributed by atoms with E-state index in [1.165, 1.54) is 21.0 Å². The molecule has 4 rings (SSSR count). The highest BCUT2D eigenvalue weighted by Gasteiger charge is 2.68. The van der Waals surface area contributed by atoms with Gasteiger partial charge in [0.2, 0.25) is 5.91 Å². The molecule has 9 atom stereocenters. The van der Waals surface area contributed by atoms with Crippen LogP contribution in [0.5, 0.6) is 0 Å². The molecule has 0 unspecified atom stereocenters. The van der Waals surface area contributed by atoms with Crippen LogP contribution in [0, 0.1) is 39.9 Å². The summed E-state index contributed by atoms with van der Waals surface area (Å²) in [6, 6.07) is -0.105. The van der Waals surface area contributed by atoms with Crippen molar-refractivity contribution in [3.63, 3.8) is 0 Å². The summed E-state index contributed by atoms with van der Waals surface area (Å²) in [4.78, 5) is 51.5. The molecule has 0 aromatic carbocycles. The zero-order valence-electron chi connectivity index (χ0n) is 27.3. The van der Waals surface area contributed by atoms with E-state index >= 15 is 0 Å². The lowest BCUT2D eigenvalue weighted by Crippen LogP contribution is -2.66. The molecular formula is C34H53NO7. The SMILES string of the molecule is COC(=O)/C(CCCC(C)C)=C1\[C@@H](OC(C)=O)C[C@@]2(C)[C@H]1CC(=O)N[C@H]1[C@@]3(C)CC[C@@H](OC(C)=O)[C@@H](C)[C@@H]3CC[C@@]12C. The van der Waals surface area contributed by atoms with Gasteiger partial charge in [0.05, 0.1) is 7.11 Å². The quantitative estimate of drug-likeness (QED) is 0.224. The molecule has 4 aliphatic rings. The van der Waals surface area contributed by atoms with Crippen LogP contribution in [0.3, 0.4) is 0 Å². The van der Waals surface area contributed by atoms with Crippen LogP contribution in [0.2, 0.25) is 0 Å². The predicted molar refractivity (Wildman–Crippen MR) is 159 cm³/mol. The Bertz CT molecular complexity index is 1130. The fourth-order valence-electron chi connectivity index (χ4n) is 9.82. The highest BCUT2D eigenvalue weighted by molar-refractivity contribution is 5.90. The molecule has 8 nitrogen and oxygen atoms in total. The molecular weight excluding hydrogens is 534 g/mol. The maximum atomic E-state index is 13.9. The van der Waals surface area contributed by atoms with Gasteiger partial charge in [0.1, 0.15) is 12.2 Å². The van der Waals surface area contributed by atoms with Crippen LogP contribution in [0.15, 0.2) is 11.1 Å². The normalized spacial score (nSPS) is 40.6. The number of hydrogen-bond acceptors (Lipinski definition) is 7. The van der Waals surface area contributed by atoms with Crippen LogP contribution in [-0.2, 0) is 33.4 Å². The summed E-state index contributed by atoms with van der Waals surface area (Å²) < 4.78 is 17.0. The van der Waals surface area contributed by atoms with E-state index in [9.17, 15) is 19.2 Å². The molecule has 1 aliphatic heterocycles. The molecule has 236 valence electrons. The number of carbonyl (C=O) groups is 4. The highest BCUT2D eigenvalue weighted by Crippen LogP contribution is 2.69. The number of methoxy groups -OCH3 is 1. The van der Waals surface area contributed by atoms with Gasteiger partial charge >= 0.3 is 17.9 Å². The first kappa shape index (κ1) is 32.5. The third-order valence-corrected chi connectivity index (χ3v) is 12.0. The topological polar surface area (TPSA) is 108 Å². The summed E-state index contributed by atoms with van der Waals surface area (Å²) in [5.74, 6) is -0.338. The second-order valence-electron chi connectivity index (χ2n) is 14.8. The van der Waals surface area contributed by atoms with Crippen LogP contribution in [0.4, 0.5) is 0 Å². The van der Waals surface area contributed by atoms with Gasteiger partial charge in [-0.1, -0.05) is 48.0 Å². The minimum atomic E-state index is -0.571. The number of fused-ring (bicyclic) bond motifs is 5. The second-order valence-corrected chi connectivity index (χ2v) is 14.8. The maximum Gasteiger partial charge on any atom is 0.333 e. The van der Waals surface area contributed by atoms with Crippen molar-refractivity contribution < 1.29 is 33.4 Å². The van der Waals surface area contributed by atoms with Gasteiger partial charge in [-0.15, -0.1) is 0 Å². The first-order valence-corrected chi connectivity index (χ1v) is 16.0. The van der Waals surface area contributed by atoms with Crippen molar-refractivity contribution >= 4 is 23.8 Å². The summed E-state index contributed by atoms with van der Waals surface area (Å²) >= 11 is 0. The van der Waals surface area contributed by atoms with Gasteiger partial charge < -0.3 is 19.5 Å². The fraction of sp³-hybridized carbons (Fsp3) is 0.824. The van der Waals surface area contributed by atoms with Crippen molar-refractivity contribution in [3.8, 4) is 0 Å². The van der Waals surface area contributed by atoms with E-state index < -0.39 is 17.5 Å². The molecule has 0 aromatic heterocycles. The molecule has 1 N–H and O–H groups in total. The molecule has 42 heavy (non-hydrogen) atoms. The van der Waals surface area contributed by atoms with E-state index in [0.29, 0.717) is 24.3 Å². The Morgan fingerprint density at radius 2 is 1.67 bits per heavy atom. The maximum absolute atomic E-state index is 13.9. The van der Waals surface area contributed by atoms with E-state index in [4.69, 9.17) is 14.2 Å². The number of nitrogens with one attached hydrogen (secondary N) is 1. The first-order chi connectivity index (χ1) is 19.6. The second kappa shape index (κ2) is 12.0. The van der Waals surface area contributed by atoms with Crippen LogP contribution in [0.1, 0.15) is 113 Å². The van der Waals surface area contributed by atoms with Crippen molar-refractivity contribution in [2.75, 3.05) is 7.11 Å². The Morgan fingerprint density at radius 1 is 1.00 bits per heavy atom. The Balaban J connectivity index is 1.82. The summed E-state index contributed by atoms with van der Waals surface area (Å²) in [7, 11) is 1.40. The Hall–Kier alpha value is -2.38. The van der Waals surface area contributed by atoms with E-state index in [-0.39, 0.29) is 65.0 Å². The summed E-state index contributed by atoms with van der Waals surface area (Å²) in [5.41, 5.74) is 0.446.